The van der Waals surface area contributed by atoms with Gasteiger partial charge in [-0.15, -0.1) is 0 Å². The van der Waals surface area contributed by atoms with Gasteiger partial charge >= 0.3 is 0 Å². The summed E-state index contributed by atoms with van der Waals surface area (Å²) < 4.78 is 5.34. The van der Waals surface area contributed by atoms with E-state index >= 15 is 0 Å². The second-order valence-corrected chi connectivity index (χ2v) is 6.96. The van der Waals surface area contributed by atoms with Crippen molar-refractivity contribution in [1.82, 2.24) is 0 Å². The molecule has 1 unspecified atom stereocenters. The Morgan fingerprint density at radius 2 is 2.05 bits per heavy atom. The van der Waals surface area contributed by atoms with E-state index in [0.717, 1.165) is 25.0 Å². The number of hydrogen-bond acceptors (Lipinski definition) is 2. The molecule has 1 aliphatic heterocycles. The summed E-state index contributed by atoms with van der Waals surface area (Å²) in [5, 5.41) is 0. The minimum Gasteiger partial charge on any atom is -0.373 e. The second kappa shape index (κ2) is 3.94. The van der Waals surface area contributed by atoms with Crippen LogP contribution in [-0.2, 0) is 9.53 Å². The Bertz CT molecular complexity index is 595. The van der Waals surface area contributed by atoms with Crippen LogP contribution in [0.4, 0.5) is 0 Å². The molecule has 3 aliphatic carbocycles. The number of Topliss-reactive ketones (excluding diaryl/α,β-unsaturated/α-hetero) is 1. The van der Waals surface area contributed by atoms with Crippen LogP contribution < -0.4 is 0 Å². The molecule has 0 N–H and O–H groups in total. The van der Waals surface area contributed by atoms with Crippen molar-refractivity contribution in [3.8, 4) is 0 Å². The van der Waals surface area contributed by atoms with E-state index in [0.29, 0.717) is 11.9 Å². The highest BCUT2D eigenvalue weighted by Gasteiger charge is 2.56. The molecule has 106 valence electrons. The molecule has 2 fully saturated rings. The van der Waals surface area contributed by atoms with Gasteiger partial charge in [-0.1, -0.05) is 12.5 Å². The molecule has 1 saturated heterocycles. The Hall–Kier alpha value is -1.15. The number of epoxide rings is 1. The van der Waals surface area contributed by atoms with E-state index < -0.39 is 0 Å². The molecule has 20 heavy (non-hydrogen) atoms. The van der Waals surface area contributed by atoms with Crippen molar-refractivity contribution in [3.63, 3.8) is 0 Å². The summed E-state index contributed by atoms with van der Waals surface area (Å²) in [5.41, 5.74) is 6.71. The maximum Gasteiger partial charge on any atom is 0.167 e. The highest BCUT2D eigenvalue weighted by molar-refractivity contribution is 6.07. The molecular weight excluding hydrogens is 248 g/mol. The third-order valence-electron chi connectivity index (χ3n) is 5.92. The predicted octanol–water partition coefficient (Wildman–Crippen LogP) is 3.74. The van der Waals surface area contributed by atoms with Crippen LogP contribution in [0, 0.1) is 11.3 Å². The summed E-state index contributed by atoms with van der Waals surface area (Å²) in [5.74, 6) is 0.552. The Morgan fingerprint density at radius 3 is 2.65 bits per heavy atom. The summed E-state index contributed by atoms with van der Waals surface area (Å²) in [6.45, 7) is 7.48. The van der Waals surface area contributed by atoms with Crippen LogP contribution in [0.15, 0.2) is 33.9 Å². The maximum absolute atomic E-state index is 12.7. The normalized spacial score (nSPS) is 33.8. The Kier molecular flexibility index (Phi) is 2.48. The fourth-order valence-corrected chi connectivity index (χ4v) is 4.22. The first-order valence-electron chi connectivity index (χ1n) is 7.84. The smallest absolute Gasteiger partial charge is 0.167 e. The van der Waals surface area contributed by atoms with Gasteiger partial charge in [0.1, 0.15) is 0 Å². The van der Waals surface area contributed by atoms with Crippen molar-refractivity contribution >= 4 is 5.78 Å². The van der Waals surface area contributed by atoms with Gasteiger partial charge in [-0.25, -0.2) is 0 Å². The van der Waals surface area contributed by atoms with Crippen molar-refractivity contribution in [3.05, 3.63) is 33.9 Å². The number of hydrogen-bond donors (Lipinski definition) is 0. The standard InChI is InChI=1S/C18H22O2/c1-10-8-15-16(14(10)5-4-13-9-20-13)11(2)18(6-7-18)12(3)17(15)19/h8,12-13H,4-7,9H2,1-3H3/t12-,13?/m1/s1. The lowest BCUT2D eigenvalue weighted by molar-refractivity contribution is -0.120. The van der Waals surface area contributed by atoms with E-state index in [1.807, 2.05) is 0 Å². The zero-order valence-corrected chi connectivity index (χ0v) is 12.6. The summed E-state index contributed by atoms with van der Waals surface area (Å²) in [4.78, 5) is 12.7. The molecule has 0 aromatic carbocycles. The summed E-state index contributed by atoms with van der Waals surface area (Å²) in [7, 11) is 0. The number of ether oxygens (including phenoxy) is 1. The molecule has 2 heteroatoms. The lowest BCUT2D eigenvalue weighted by atomic mass is 9.70. The number of carbonyl (C=O) groups excluding carboxylic acids is 1. The molecule has 0 aromatic heterocycles. The van der Waals surface area contributed by atoms with Gasteiger partial charge in [-0.2, -0.15) is 0 Å². The molecular formula is C18H22O2. The molecule has 0 radical (unpaired) electrons. The SMILES string of the molecule is CC1=C(CCC2CO2)C2=C(C)C3(CC3)[C@H](C)C(=O)C2=C1. The molecule has 2 nitrogen and oxygen atoms in total. The Labute approximate surface area is 120 Å². The van der Waals surface area contributed by atoms with Crippen LogP contribution in [-0.4, -0.2) is 18.5 Å². The van der Waals surface area contributed by atoms with Crippen molar-refractivity contribution in [2.24, 2.45) is 11.3 Å². The number of ketones is 1. The highest BCUT2D eigenvalue weighted by Crippen LogP contribution is 2.63. The number of rotatable bonds is 3. The molecule has 1 spiro atoms. The lowest BCUT2D eigenvalue weighted by Gasteiger charge is -2.32. The van der Waals surface area contributed by atoms with Crippen LogP contribution in [0.1, 0.15) is 46.5 Å². The minimum atomic E-state index is 0.177. The fourth-order valence-electron chi connectivity index (χ4n) is 4.22. The molecule has 1 heterocycles. The first-order chi connectivity index (χ1) is 9.54. The van der Waals surface area contributed by atoms with Gasteiger partial charge in [0.25, 0.3) is 0 Å². The summed E-state index contributed by atoms with van der Waals surface area (Å²) >= 11 is 0. The van der Waals surface area contributed by atoms with E-state index in [-0.39, 0.29) is 11.3 Å². The summed E-state index contributed by atoms with van der Waals surface area (Å²) in [6, 6.07) is 0. The van der Waals surface area contributed by atoms with Gasteiger partial charge in [-0.3, -0.25) is 4.79 Å². The van der Waals surface area contributed by atoms with Gasteiger partial charge in [-0.05, 0) is 62.3 Å². The molecule has 0 amide bonds. The predicted molar refractivity (Wildman–Crippen MR) is 78.3 cm³/mol. The Morgan fingerprint density at radius 1 is 1.35 bits per heavy atom. The zero-order chi connectivity index (χ0) is 14.1. The number of allylic oxidation sites excluding steroid dienone is 6. The summed E-state index contributed by atoms with van der Waals surface area (Å²) in [6.07, 6.45) is 7.15. The van der Waals surface area contributed by atoms with Crippen molar-refractivity contribution < 1.29 is 9.53 Å². The number of fused-ring (bicyclic) bond motifs is 1. The topological polar surface area (TPSA) is 29.6 Å². The van der Waals surface area contributed by atoms with Gasteiger partial charge in [0.15, 0.2) is 5.78 Å². The lowest BCUT2D eigenvalue weighted by Crippen LogP contribution is -2.31. The van der Waals surface area contributed by atoms with Crippen LogP contribution in [0.5, 0.6) is 0 Å². The van der Waals surface area contributed by atoms with Crippen LogP contribution in [0.3, 0.4) is 0 Å². The van der Waals surface area contributed by atoms with Gasteiger partial charge in [0.2, 0.25) is 0 Å². The van der Waals surface area contributed by atoms with E-state index in [9.17, 15) is 4.79 Å². The molecule has 1 saturated carbocycles. The quantitative estimate of drug-likeness (QED) is 0.731. The third-order valence-corrected chi connectivity index (χ3v) is 5.92. The molecule has 0 bridgehead atoms. The molecule has 4 aliphatic rings. The minimum absolute atomic E-state index is 0.177. The van der Waals surface area contributed by atoms with Gasteiger partial charge < -0.3 is 4.74 Å². The Balaban J connectivity index is 1.74. The van der Waals surface area contributed by atoms with Crippen molar-refractivity contribution in [1.29, 1.82) is 0 Å². The maximum atomic E-state index is 12.7. The third kappa shape index (κ3) is 1.57. The highest BCUT2D eigenvalue weighted by atomic mass is 16.6. The van der Waals surface area contributed by atoms with E-state index in [4.69, 9.17) is 4.74 Å². The monoisotopic (exact) mass is 270 g/mol. The van der Waals surface area contributed by atoms with E-state index in [1.165, 1.54) is 35.1 Å². The van der Waals surface area contributed by atoms with Crippen LogP contribution >= 0.6 is 0 Å². The van der Waals surface area contributed by atoms with Crippen LogP contribution in [0.25, 0.3) is 0 Å². The fraction of sp³-hybridized carbons (Fsp3) is 0.611. The molecule has 2 atom stereocenters. The van der Waals surface area contributed by atoms with Gasteiger partial charge in [0, 0.05) is 16.9 Å². The van der Waals surface area contributed by atoms with Crippen LogP contribution in [0.2, 0.25) is 0 Å². The second-order valence-electron chi connectivity index (χ2n) is 6.96. The first-order valence-corrected chi connectivity index (χ1v) is 7.84. The van der Waals surface area contributed by atoms with Crippen molar-refractivity contribution in [2.75, 3.05) is 6.61 Å². The average molecular weight is 270 g/mol. The molecule has 4 rings (SSSR count). The average Bonchev–Trinajstić information content (AvgIpc) is 3.32. The first kappa shape index (κ1) is 12.6. The largest absolute Gasteiger partial charge is 0.373 e. The molecule has 0 aromatic rings. The zero-order valence-electron chi connectivity index (χ0n) is 12.6. The van der Waals surface area contributed by atoms with E-state index in [2.05, 4.69) is 26.8 Å². The van der Waals surface area contributed by atoms with Crippen molar-refractivity contribution in [2.45, 2.75) is 52.6 Å². The number of carbonyl (C=O) groups is 1. The van der Waals surface area contributed by atoms with Gasteiger partial charge in [0.05, 0.1) is 12.7 Å². The van der Waals surface area contributed by atoms with E-state index in [1.54, 1.807) is 0 Å².